The summed E-state index contributed by atoms with van der Waals surface area (Å²) in [4.78, 5) is 0. The fraction of sp³-hybridized carbons (Fsp3) is 0.0417. The summed E-state index contributed by atoms with van der Waals surface area (Å²) in [7, 11) is 0. The van der Waals surface area contributed by atoms with Crippen LogP contribution in [0.2, 0.25) is 0 Å². The monoisotopic (exact) mass is 668 g/mol. The number of nitrogens with zero attached hydrogens (tertiary/aromatic N) is 1. The van der Waals surface area contributed by atoms with Crippen LogP contribution in [0.5, 0.6) is 23.0 Å². The second-order valence-electron chi connectivity index (χ2n) is 13.6. The van der Waals surface area contributed by atoms with E-state index in [9.17, 15) is 0 Å². The Kier molecular flexibility index (Phi) is 6.20. The minimum atomic E-state index is -0.676. The first-order chi connectivity index (χ1) is 25.8. The number of para-hydroxylation sites is 5. The number of aromatic nitrogens is 1. The molecule has 1 unspecified atom stereocenters. The molecule has 0 saturated heterocycles. The van der Waals surface area contributed by atoms with E-state index in [1.54, 1.807) is 0 Å². The zero-order valence-corrected chi connectivity index (χ0v) is 28.2. The van der Waals surface area contributed by atoms with E-state index in [2.05, 4.69) is 186 Å². The van der Waals surface area contributed by atoms with Gasteiger partial charge in [0, 0.05) is 62.1 Å². The standard InChI is InChI=1S/C48H32N2O2/c1-2-13-33(14-3-1)50-42-21-7-4-15-35(42)36-29-31(25-27-43(36)50)34-16-12-19-40-47(34)52-45-23-9-6-18-38(45)48(40)37-17-5-8-22-44(37)51-46-30-32(24-26-39(46)48)41-20-10-11-28-49-41/h1-27,29-30,49H,28H2. The van der Waals surface area contributed by atoms with Crippen LogP contribution >= 0.6 is 0 Å². The van der Waals surface area contributed by atoms with Gasteiger partial charge in [-0.25, -0.2) is 0 Å². The molecule has 7 aromatic carbocycles. The number of ether oxygens (including phenoxy) is 2. The minimum absolute atomic E-state index is 0.676. The summed E-state index contributed by atoms with van der Waals surface area (Å²) in [6.07, 6.45) is 6.35. The molecule has 8 aromatic rings. The third-order valence-electron chi connectivity index (χ3n) is 10.9. The van der Waals surface area contributed by atoms with E-state index < -0.39 is 5.41 Å². The van der Waals surface area contributed by atoms with E-state index in [1.807, 2.05) is 0 Å². The fourth-order valence-electron chi connectivity index (χ4n) is 8.74. The molecule has 0 radical (unpaired) electrons. The molecule has 1 N–H and O–H groups in total. The van der Waals surface area contributed by atoms with Gasteiger partial charge >= 0.3 is 0 Å². The topological polar surface area (TPSA) is 35.4 Å². The van der Waals surface area contributed by atoms with Crippen molar-refractivity contribution >= 4 is 27.5 Å². The maximum atomic E-state index is 7.04. The van der Waals surface area contributed by atoms with Gasteiger partial charge in [-0.2, -0.15) is 0 Å². The summed E-state index contributed by atoms with van der Waals surface area (Å²) in [5.74, 6) is 3.40. The van der Waals surface area contributed by atoms with Gasteiger partial charge in [0.05, 0.1) is 16.4 Å². The van der Waals surface area contributed by atoms with Gasteiger partial charge in [-0.15, -0.1) is 0 Å². The minimum Gasteiger partial charge on any atom is -0.457 e. The smallest absolute Gasteiger partial charge is 0.140 e. The lowest BCUT2D eigenvalue weighted by Gasteiger charge is -2.45. The van der Waals surface area contributed by atoms with Crippen molar-refractivity contribution in [3.8, 4) is 39.8 Å². The van der Waals surface area contributed by atoms with Crippen molar-refractivity contribution < 1.29 is 9.47 Å². The molecule has 3 aliphatic rings. The molecule has 1 atom stereocenters. The van der Waals surface area contributed by atoms with Crippen LogP contribution in [0.25, 0.3) is 44.3 Å². The highest BCUT2D eigenvalue weighted by atomic mass is 16.5. The van der Waals surface area contributed by atoms with Gasteiger partial charge in [-0.3, -0.25) is 0 Å². The quantitative estimate of drug-likeness (QED) is 0.204. The molecule has 11 rings (SSSR count). The average molecular weight is 669 g/mol. The highest BCUT2D eigenvalue weighted by Gasteiger charge is 2.51. The summed E-state index contributed by atoms with van der Waals surface area (Å²) in [6, 6.07) is 56.3. The van der Waals surface area contributed by atoms with Crippen molar-refractivity contribution in [2.45, 2.75) is 5.41 Å². The largest absolute Gasteiger partial charge is 0.457 e. The van der Waals surface area contributed by atoms with Crippen molar-refractivity contribution in [3.63, 3.8) is 0 Å². The Hall–Kier alpha value is -6.78. The van der Waals surface area contributed by atoms with Crippen LogP contribution in [0.4, 0.5) is 0 Å². The number of dihydropyridines is 1. The molecule has 0 amide bonds. The second-order valence-corrected chi connectivity index (χ2v) is 13.6. The lowest BCUT2D eigenvalue weighted by atomic mass is 9.62. The number of hydrogen-bond donors (Lipinski definition) is 1. The van der Waals surface area contributed by atoms with Gasteiger partial charge in [-0.1, -0.05) is 121 Å². The van der Waals surface area contributed by atoms with Crippen LogP contribution in [0.1, 0.15) is 27.8 Å². The summed E-state index contributed by atoms with van der Waals surface area (Å²) < 4.78 is 16.2. The molecule has 246 valence electrons. The molecule has 1 aromatic heterocycles. The first kappa shape index (κ1) is 29.0. The van der Waals surface area contributed by atoms with E-state index in [4.69, 9.17) is 9.47 Å². The number of nitrogens with one attached hydrogen (secondary N) is 1. The van der Waals surface area contributed by atoms with Gasteiger partial charge < -0.3 is 19.4 Å². The molecule has 52 heavy (non-hydrogen) atoms. The van der Waals surface area contributed by atoms with Gasteiger partial charge in [-0.05, 0) is 60.2 Å². The Morgan fingerprint density at radius 1 is 0.519 bits per heavy atom. The molecular weight excluding hydrogens is 637 g/mol. The molecule has 3 aliphatic heterocycles. The predicted octanol–water partition coefficient (Wildman–Crippen LogP) is 11.5. The molecule has 0 aliphatic carbocycles. The van der Waals surface area contributed by atoms with Crippen LogP contribution in [0.3, 0.4) is 0 Å². The molecule has 0 bridgehead atoms. The number of allylic oxidation sites excluding steroid dienone is 2. The lowest BCUT2D eigenvalue weighted by Crippen LogP contribution is -2.37. The molecule has 0 saturated carbocycles. The second kappa shape index (κ2) is 11.1. The summed E-state index contributed by atoms with van der Waals surface area (Å²) in [5.41, 5.74) is 11.6. The molecule has 4 nitrogen and oxygen atoms in total. The summed E-state index contributed by atoms with van der Waals surface area (Å²) in [6.45, 7) is 0.802. The van der Waals surface area contributed by atoms with E-state index in [0.717, 1.165) is 79.9 Å². The van der Waals surface area contributed by atoms with Crippen molar-refractivity contribution in [1.29, 1.82) is 0 Å². The van der Waals surface area contributed by atoms with E-state index in [-0.39, 0.29) is 0 Å². The maximum absolute atomic E-state index is 7.04. The van der Waals surface area contributed by atoms with Crippen LogP contribution in [0, 0.1) is 0 Å². The average Bonchev–Trinajstić information content (AvgIpc) is 3.55. The fourth-order valence-corrected chi connectivity index (χ4v) is 8.74. The van der Waals surface area contributed by atoms with Gasteiger partial charge in [0.25, 0.3) is 0 Å². The normalized spacial score (nSPS) is 16.6. The lowest BCUT2D eigenvalue weighted by molar-refractivity contribution is 0.400. The zero-order valence-electron chi connectivity index (χ0n) is 28.2. The Morgan fingerprint density at radius 3 is 2.04 bits per heavy atom. The third kappa shape index (κ3) is 4.03. The number of benzene rings is 7. The molecule has 4 heterocycles. The van der Waals surface area contributed by atoms with Crippen LogP contribution in [-0.4, -0.2) is 11.1 Å². The Bertz CT molecular complexity index is 2800. The summed E-state index contributed by atoms with van der Waals surface area (Å²) >= 11 is 0. The number of rotatable bonds is 3. The van der Waals surface area contributed by atoms with Crippen molar-refractivity contribution in [3.05, 3.63) is 204 Å². The van der Waals surface area contributed by atoms with E-state index in [1.165, 1.54) is 21.8 Å². The Labute approximate surface area is 301 Å². The van der Waals surface area contributed by atoms with Crippen molar-refractivity contribution in [1.82, 2.24) is 9.88 Å². The third-order valence-corrected chi connectivity index (χ3v) is 10.9. The molecule has 0 fully saturated rings. The maximum Gasteiger partial charge on any atom is 0.140 e. The van der Waals surface area contributed by atoms with Gasteiger partial charge in [0.2, 0.25) is 0 Å². The Morgan fingerprint density at radius 2 is 1.21 bits per heavy atom. The predicted molar refractivity (Wildman–Crippen MR) is 210 cm³/mol. The first-order valence-electron chi connectivity index (χ1n) is 17.8. The summed E-state index contributed by atoms with van der Waals surface area (Å²) in [5, 5.41) is 5.94. The van der Waals surface area contributed by atoms with Crippen LogP contribution < -0.4 is 14.8 Å². The first-order valence-corrected chi connectivity index (χ1v) is 17.8. The highest BCUT2D eigenvalue weighted by molar-refractivity contribution is 6.10. The van der Waals surface area contributed by atoms with Crippen LogP contribution in [-0.2, 0) is 5.41 Å². The van der Waals surface area contributed by atoms with Gasteiger partial charge in [0.15, 0.2) is 0 Å². The molecule has 1 spiro atoms. The number of fused-ring (bicyclic) bond motifs is 11. The van der Waals surface area contributed by atoms with E-state index >= 15 is 0 Å². The zero-order chi connectivity index (χ0) is 34.2. The number of hydrogen-bond acceptors (Lipinski definition) is 3. The molecular formula is C48H32N2O2. The Balaban J connectivity index is 1.17. The molecule has 4 heteroatoms. The van der Waals surface area contributed by atoms with Gasteiger partial charge in [0.1, 0.15) is 23.0 Å². The van der Waals surface area contributed by atoms with E-state index in [0.29, 0.717) is 0 Å². The SMILES string of the molecule is C1=CCNC(c2ccc3c(c2)Oc2ccccc2C32c3ccccc3Oc3c(-c4ccc5c(c4)c4ccccc4n5-c4ccccc4)cccc32)=C1. The van der Waals surface area contributed by atoms with Crippen LogP contribution in [0.15, 0.2) is 176 Å². The van der Waals surface area contributed by atoms with Crippen molar-refractivity contribution in [2.75, 3.05) is 6.54 Å². The highest BCUT2D eigenvalue weighted by Crippen LogP contribution is 2.62. The van der Waals surface area contributed by atoms with Crippen molar-refractivity contribution in [2.24, 2.45) is 0 Å².